The van der Waals surface area contributed by atoms with Gasteiger partial charge in [-0.25, -0.2) is 15.2 Å². The SMILES string of the molecule is Cc1ccc(N2NC(=O)N(Cc3ccccc3)CC2=O)c(Cl)c1. The molecule has 1 heterocycles. The van der Waals surface area contributed by atoms with Crippen molar-refractivity contribution in [2.24, 2.45) is 0 Å². The average molecular weight is 330 g/mol. The number of rotatable bonds is 3. The van der Waals surface area contributed by atoms with Crippen molar-refractivity contribution < 1.29 is 9.59 Å². The number of halogens is 1. The van der Waals surface area contributed by atoms with Crippen LogP contribution in [0.25, 0.3) is 0 Å². The molecular weight excluding hydrogens is 314 g/mol. The normalized spacial score (nSPS) is 14.9. The molecular formula is C17H16ClN3O2. The zero-order valence-electron chi connectivity index (χ0n) is 12.6. The Bertz CT molecular complexity index is 749. The first-order chi connectivity index (χ1) is 11.0. The molecule has 118 valence electrons. The summed E-state index contributed by atoms with van der Waals surface area (Å²) in [5.74, 6) is -0.230. The second-order valence-corrected chi connectivity index (χ2v) is 5.85. The summed E-state index contributed by atoms with van der Waals surface area (Å²) in [7, 11) is 0. The van der Waals surface area contributed by atoms with E-state index in [0.29, 0.717) is 17.3 Å². The van der Waals surface area contributed by atoms with Gasteiger partial charge >= 0.3 is 6.03 Å². The van der Waals surface area contributed by atoms with Crippen molar-refractivity contribution in [2.45, 2.75) is 13.5 Å². The third kappa shape index (κ3) is 3.29. The van der Waals surface area contributed by atoms with E-state index in [1.807, 2.05) is 43.3 Å². The Morgan fingerprint density at radius 3 is 2.57 bits per heavy atom. The van der Waals surface area contributed by atoms with Gasteiger partial charge in [-0.15, -0.1) is 0 Å². The number of anilines is 1. The quantitative estimate of drug-likeness (QED) is 0.940. The second kappa shape index (κ2) is 6.30. The van der Waals surface area contributed by atoms with Gasteiger partial charge in [-0.05, 0) is 30.2 Å². The lowest BCUT2D eigenvalue weighted by Crippen LogP contribution is -2.60. The first-order valence-electron chi connectivity index (χ1n) is 7.23. The fourth-order valence-electron chi connectivity index (χ4n) is 2.45. The lowest BCUT2D eigenvalue weighted by molar-refractivity contribution is -0.121. The Balaban J connectivity index is 1.77. The van der Waals surface area contributed by atoms with Crippen LogP contribution in [-0.2, 0) is 11.3 Å². The fraction of sp³-hybridized carbons (Fsp3) is 0.176. The van der Waals surface area contributed by atoms with Crippen LogP contribution >= 0.6 is 11.6 Å². The Kier molecular flexibility index (Phi) is 4.21. The van der Waals surface area contributed by atoms with Crippen LogP contribution in [0.5, 0.6) is 0 Å². The van der Waals surface area contributed by atoms with Gasteiger partial charge < -0.3 is 4.90 Å². The summed E-state index contributed by atoms with van der Waals surface area (Å²) < 4.78 is 0. The number of carbonyl (C=O) groups is 2. The predicted molar refractivity (Wildman–Crippen MR) is 89.1 cm³/mol. The lowest BCUT2D eigenvalue weighted by atomic mass is 10.2. The third-order valence-corrected chi connectivity index (χ3v) is 3.93. The Morgan fingerprint density at radius 2 is 1.87 bits per heavy atom. The van der Waals surface area contributed by atoms with Gasteiger partial charge in [-0.3, -0.25) is 4.79 Å². The number of carbonyl (C=O) groups excluding carboxylic acids is 2. The fourth-order valence-corrected chi connectivity index (χ4v) is 2.77. The summed E-state index contributed by atoms with van der Waals surface area (Å²) in [5, 5.41) is 1.64. The number of nitrogens with zero attached hydrogens (tertiary/aromatic N) is 2. The summed E-state index contributed by atoms with van der Waals surface area (Å²) in [6.07, 6.45) is 0. The monoisotopic (exact) mass is 329 g/mol. The molecule has 3 amide bonds. The minimum absolute atomic E-state index is 0.00489. The molecule has 0 spiro atoms. The van der Waals surface area contributed by atoms with Gasteiger partial charge in [0.2, 0.25) is 0 Å². The van der Waals surface area contributed by atoms with E-state index in [4.69, 9.17) is 11.6 Å². The molecule has 1 fully saturated rings. The molecule has 2 aromatic rings. The average Bonchev–Trinajstić information content (AvgIpc) is 2.52. The highest BCUT2D eigenvalue weighted by atomic mass is 35.5. The van der Waals surface area contributed by atoms with E-state index >= 15 is 0 Å². The van der Waals surface area contributed by atoms with E-state index in [1.54, 1.807) is 12.1 Å². The van der Waals surface area contributed by atoms with E-state index in [0.717, 1.165) is 11.1 Å². The van der Waals surface area contributed by atoms with Crippen molar-refractivity contribution in [3.8, 4) is 0 Å². The van der Waals surface area contributed by atoms with E-state index in [9.17, 15) is 9.59 Å². The van der Waals surface area contributed by atoms with Crippen LogP contribution in [-0.4, -0.2) is 23.4 Å². The Hall–Kier alpha value is -2.53. The molecule has 0 atom stereocenters. The van der Waals surface area contributed by atoms with Crippen LogP contribution in [0.2, 0.25) is 5.02 Å². The predicted octanol–water partition coefficient (Wildman–Crippen LogP) is 3.12. The summed E-state index contributed by atoms with van der Waals surface area (Å²) in [5.41, 5.74) is 5.04. The van der Waals surface area contributed by atoms with E-state index in [1.165, 1.54) is 9.91 Å². The number of urea groups is 1. The van der Waals surface area contributed by atoms with Crippen LogP contribution in [0.15, 0.2) is 48.5 Å². The van der Waals surface area contributed by atoms with Gasteiger partial charge in [-0.1, -0.05) is 48.0 Å². The molecule has 1 saturated heterocycles. The largest absolute Gasteiger partial charge is 0.337 e. The van der Waals surface area contributed by atoms with Crippen molar-refractivity contribution in [3.63, 3.8) is 0 Å². The molecule has 0 aromatic heterocycles. The van der Waals surface area contributed by atoms with Crippen molar-refractivity contribution in [1.82, 2.24) is 10.3 Å². The summed E-state index contributed by atoms with van der Waals surface area (Å²) in [6.45, 7) is 2.30. The number of aryl methyl sites for hydroxylation is 1. The Labute approximate surface area is 139 Å². The van der Waals surface area contributed by atoms with Crippen LogP contribution in [0.1, 0.15) is 11.1 Å². The zero-order valence-corrected chi connectivity index (χ0v) is 13.4. The van der Waals surface area contributed by atoms with Crippen molar-refractivity contribution in [2.75, 3.05) is 11.6 Å². The zero-order chi connectivity index (χ0) is 16.4. The maximum Gasteiger partial charge on any atom is 0.337 e. The van der Waals surface area contributed by atoms with Gasteiger partial charge in [0.05, 0.1) is 10.7 Å². The molecule has 1 aliphatic heterocycles. The maximum absolute atomic E-state index is 12.4. The van der Waals surface area contributed by atoms with Gasteiger partial charge in [0.25, 0.3) is 5.91 Å². The molecule has 0 radical (unpaired) electrons. The number of hydrogen-bond donors (Lipinski definition) is 1. The number of hydrogen-bond acceptors (Lipinski definition) is 2. The molecule has 5 nitrogen and oxygen atoms in total. The molecule has 3 rings (SSSR count). The lowest BCUT2D eigenvalue weighted by Gasteiger charge is -2.35. The van der Waals surface area contributed by atoms with Crippen molar-refractivity contribution in [1.29, 1.82) is 0 Å². The van der Waals surface area contributed by atoms with E-state index in [-0.39, 0.29) is 18.5 Å². The van der Waals surface area contributed by atoms with Crippen molar-refractivity contribution >= 4 is 29.2 Å². The minimum atomic E-state index is -0.329. The van der Waals surface area contributed by atoms with Crippen LogP contribution in [0, 0.1) is 6.92 Å². The summed E-state index contributed by atoms with van der Waals surface area (Å²) >= 11 is 6.18. The van der Waals surface area contributed by atoms with Gasteiger partial charge in [0.15, 0.2) is 0 Å². The molecule has 1 aliphatic rings. The maximum atomic E-state index is 12.4. The molecule has 2 aromatic carbocycles. The highest BCUT2D eigenvalue weighted by molar-refractivity contribution is 6.34. The highest BCUT2D eigenvalue weighted by Gasteiger charge is 2.31. The van der Waals surface area contributed by atoms with Crippen LogP contribution < -0.4 is 10.4 Å². The topological polar surface area (TPSA) is 52.7 Å². The molecule has 0 unspecified atom stereocenters. The molecule has 0 aliphatic carbocycles. The third-order valence-electron chi connectivity index (χ3n) is 3.63. The van der Waals surface area contributed by atoms with Crippen LogP contribution in [0.3, 0.4) is 0 Å². The molecule has 1 N–H and O–H groups in total. The molecule has 0 saturated carbocycles. The second-order valence-electron chi connectivity index (χ2n) is 5.44. The smallest absolute Gasteiger partial charge is 0.310 e. The Morgan fingerprint density at radius 1 is 1.13 bits per heavy atom. The van der Waals surface area contributed by atoms with Gasteiger partial charge in [0.1, 0.15) is 6.54 Å². The number of hydrazine groups is 1. The van der Waals surface area contributed by atoms with Gasteiger partial charge in [-0.2, -0.15) is 0 Å². The summed E-state index contributed by atoms with van der Waals surface area (Å²) in [4.78, 5) is 26.1. The standard InChI is InChI=1S/C17H16ClN3O2/c1-12-7-8-15(14(18)9-12)21-16(22)11-20(17(23)19-21)10-13-5-3-2-4-6-13/h2-9H,10-11H2,1H3,(H,19,23). The summed E-state index contributed by atoms with van der Waals surface area (Å²) in [6, 6.07) is 14.5. The number of nitrogens with one attached hydrogen (secondary N) is 1. The van der Waals surface area contributed by atoms with E-state index in [2.05, 4.69) is 5.43 Å². The molecule has 6 heteroatoms. The van der Waals surface area contributed by atoms with E-state index < -0.39 is 0 Å². The molecule has 0 bridgehead atoms. The van der Waals surface area contributed by atoms with Crippen LogP contribution in [0.4, 0.5) is 10.5 Å². The number of benzene rings is 2. The first-order valence-corrected chi connectivity index (χ1v) is 7.61. The molecule has 23 heavy (non-hydrogen) atoms. The minimum Gasteiger partial charge on any atom is -0.310 e. The van der Waals surface area contributed by atoms with Gasteiger partial charge in [0, 0.05) is 6.54 Å². The highest BCUT2D eigenvalue weighted by Crippen LogP contribution is 2.27. The first kappa shape index (κ1) is 15.4. The number of amides is 3. The van der Waals surface area contributed by atoms with Crippen molar-refractivity contribution in [3.05, 3.63) is 64.7 Å².